The Morgan fingerprint density at radius 1 is 0.957 bits per heavy atom. The van der Waals surface area contributed by atoms with Gasteiger partial charge in [-0.2, -0.15) is 0 Å². The van der Waals surface area contributed by atoms with Crippen LogP contribution in [-0.4, -0.2) is 101 Å². The molecule has 0 aliphatic heterocycles. The van der Waals surface area contributed by atoms with Crippen LogP contribution < -0.4 is 16.0 Å². The van der Waals surface area contributed by atoms with Gasteiger partial charge in [-0.15, -0.1) is 0 Å². The van der Waals surface area contributed by atoms with Crippen molar-refractivity contribution in [3.8, 4) is 0 Å². The number of hydrogen-bond acceptors (Lipinski definition) is 8. The van der Waals surface area contributed by atoms with E-state index >= 15 is 0 Å². The zero-order chi connectivity index (χ0) is 35.4. The van der Waals surface area contributed by atoms with Gasteiger partial charge in [-0.1, -0.05) is 39.3 Å². The van der Waals surface area contributed by atoms with Crippen molar-refractivity contribution in [1.29, 1.82) is 0 Å². The molecule has 3 atom stereocenters. The number of carbonyl (C=O) groups excluding carboxylic acids is 6. The highest BCUT2D eigenvalue weighted by Crippen LogP contribution is 2.14. The first kappa shape index (κ1) is 41.2. The van der Waals surface area contributed by atoms with Gasteiger partial charge in [0.25, 0.3) is 0 Å². The van der Waals surface area contributed by atoms with Crippen LogP contribution in [-0.2, 0) is 46.1 Å². The van der Waals surface area contributed by atoms with Crippen molar-refractivity contribution in [2.75, 3.05) is 50.6 Å². The maximum absolute atomic E-state index is 12.6. The van der Waals surface area contributed by atoms with E-state index in [1.54, 1.807) is 42.5 Å². The number of rotatable bonds is 22. The number of nitrogens with zero attached hydrogens (tertiary/aromatic N) is 2. The van der Waals surface area contributed by atoms with Crippen molar-refractivity contribution in [2.45, 2.75) is 78.9 Å². The van der Waals surface area contributed by atoms with Crippen molar-refractivity contribution >= 4 is 52.5 Å². The molecular weight excluding hydrogens is 626 g/mol. The van der Waals surface area contributed by atoms with Crippen molar-refractivity contribution in [2.24, 2.45) is 11.8 Å². The number of hydrogen-bond donors (Lipinski definition) is 3. The van der Waals surface area contributed by atoms with Crippen molar-refractivity contribution < 1.29 is 37.7 Å². The summed E-state index contributed by atoms with van der Waals surface area (Å²) < 4.78 is 16.8. The van der Waals surface area contributed by atoms with Gasteiger partial charge in [0.1, 0.15) is 18.9 Å². The van der Waals surface area contributed by atoms with Gasteiger partial charge in [-0.05, 0) is 49.8 Å². The molecule has 264 valence electrons. The first-order chi connectivity index (χ1) is 22.3. The summed E-state index contributed by atoms with van der Waals surface area (Å²) in [5.41, 5.74) is 1.21. The summed E-state index contributed by atoms with van der Waals surface area (Å²) in [5, 5.41) is 7.82. The highest BCUT2D eigenvalue weighted by atomic mass is 32.2. The summed E-state index contributed by atoms with van der Waals surface area (Å²) in [7, 11) is 0.697. The molecule has 0 bridgehead atoms. The molecule has 0 aromatic heterocycles. The molecule has 3 N–H and O–H groups in total. The fourth-order valence-electron chi connectivity index (χ4n) is 4.33. The van der Waals surface area contributed by atoms with E-state index in [-0.39, 0.29) is 49.6 Å². The molecule has 1 rings (SSSR count). The minimum absolute atomic E-state index is 0.0430. The molecule has 1 aromatic rings. The van der Waals surface area contributed by atoms with E-state index in [9.17, 15) is 33.0 Å². The molecule has 47 heavy (non-hydrogen) atoms. The van der Waals surface area contributed by atoms with E-state index < -0.39 is 34.7 Å². The monoisotopic (exact) mass is 679 g/mol. The van der Waals surface area contributed by atoms with Gasteiger partial charge >= 0.3 is 6.09 Å². The predicted octanol–water partition coefficient (Wildman–Crippen LogP) is 2.85. The molecule has 0 saturated carbocycles. The normalized spacial score (nSPS) is 12.7. The number of unbranched alkanes of at least 4 members (excludes halogenated alkanes) is 2. The Labute approximate surface area is 281 Å². The molecule has 0 saturated heterocycles. The van der Waals surface area contributed by atoms with Crippen LogP contribution in [0.4, 0.5) is 10.5 Å². The van der Waals surface area contributed by atoms with Gasteiger partial charge in [-0.25, -0.2) is 4.79 Å². The Hall–Kier alpha value is -3.81. The molecule has 13 nitrogen and oxygen atoms in total. The molecule has 0 aliphatic carbocycles. The fraction of sp³-hybridized carbons (Fsp3) is 0.636. The number of anilines is 1. The number of carbonyl (C=O) groups is 6. The predicted molar refractivity (Wildman–Crippen MR) is 182 cm³/mol. The summed E-state index contributed by atoms with van der Waals surface area (Å²) in [4.78, 5) is 76.0. The standard InChI is InChI=1S/C33H53N5O8S/c1-7-16-38(18-19-47(6)45)33(44)46-23-26-12-14-28(15-13-26)36-32(43)25(4)35-30(41)21-34-29(40)11-9-8-10-17-37(5)31(42)20-27(22-39)24(2)3/h12-15,22,24-25,27H,7-11,16-21,23H2,1-6H3,(H,34,40)(H,35,41)(H,36,43). The summed E-state index contributed by atoms with van der Waals surface area (Å²) in [5.74, 6) is -1.11. The van der Waals surface area contributed by atoms with Crippen molar-refractivity contribution in [3.63, 3.8) is 0 Å². The maximum atomic E-state index is 12.6. The third-order valence-electron chi connectivity index (χ3n) is 7.47. The van der Waals surface area contributed by atoms with Gasteiger partial charge in [0, 0.05) is 73.9 Å². The lowest BCUT2D eigenvalue weighted by Gasteiger charge is -2.21. The third kappa shape index (κ3) is 17.6. The highest BCUT2D eigenvalue weighted by molar-refractivity contribution is 7.84. The molecule has 0 fully saturated rings. The minimum atomic E-state index is -1.01. The SMILES string of the molecule is CCCN(CCS(C)=O)C(=O)OCc1ccc(NC(=O)C(C)NC(=O)CNC(=O)CCCCCN(C)C(=O)CC(C=O)C(C)C)cc1. The second-order valence-electron chi connectivity index (χ2n) is 11.9. The van der Waals surface area contributed by atoms with Crippen LogP contribution in [0.2, 0.25) is 0 Å². The molecule has 0 heterocycles. The second kappa shape index (κ2) is 22.7. The topological polar surface area (TPSA) is 171 Å². The minimum Gasteiger partial charge on any atom is -0.445 e. The summed E-state index contributed by atoms with van der Waals surface area (Å²) in [6, 6.07) is 5.88. The van der Waals surface area contributed by atoms with Crippen LogP contribution in [0.25, 0.3) is 0 Å². The van der Waals surface area contributed by atoms with Crippen molar-refractivity contribution in [3.05, 3.63) is 29.8 Å². The molecule has 0 aliphatic rings. The Balaban J connectivity index is 2.33. The van der Waals surface area contributed by atoms with Crippen LogP contribution in [0.3, 0.4) is 0 Å². The van der Waals surface area contributed by atoms with E-state index in [4.69, 9.17) is 4.74 Å². The zero-order valence-corrected chi connectivity index (χ0v) is 29.5. The lowest BCUT2D eigenvalue weighted by Crippen LogP contribution is -2.45. The van der Waals surface area contributed by atoms with E-state index in [0.717, 1.165) is 24.7 Å². The molecule has 0 spiro atoms. The van der Waals surface area contributed by atoms with Crippen LogP contribution in [0.15, 0.2) is 24.3 Å². The number of ether oxygens (including phenoxy) is 1. The largest absolute Gasteiger partial charge is 0.445 e. The number of amides is 5. The smallest absolute Gasteiger partial charge is 0.410 e. The summed E-state index contributed by atoms with van der Waals surface area (Å²) in [6.07, 6.45) is 5.16. The third-order valence-corrected chi connectivity index (χ3v) is 8.22. The molecule has 5 amide bonds. The first-order valence-corrected chi connectivity index (χ1v) is 17.9. The Morgan fingerprint density at radius 3 is 2.23 bits per heavy atom. The maximum Gasteiger partial charge on any atom is 0.410 e. The van der Waals surface area contributed by atoms with E-state index in [2.05, 4.69) is 16.0 Å². The number of aldehydes is 1. The average Bonchev–Trinajstić information content (AvgIpc) is 3.03. The lowest BCUT2D eigenvalue weighted by atomic mass is 9.93. The van der Waals surface area contributed by atoms with Crippen LogP contribution in [0, 0.1) is 11.8 Å². The Kier molecular flexibility index (Phi) is 19.9. The molecular formula is C33H53N5O8S. The van der Waals surface area contributed by atoms with Gasteiger partial charge < -0.3 is 35.3 Å². The van der Waals surface area contributed by atoms with Crippen molar-refractivity contribution in [1.82, 2.24) is 20.4 Å². The Bertz CT molecular complexity index is 1190. The summed E-state index contributed by atoms with van der Waals surface area (Å²) >= 11 is 0. The Morgan fingerprint density at radius 2 is 1.64 bits per heavy atom. The van der Waals surface area contributed by atoms with Crippen LogP contribution in [0.1, 0.15) is 71.8 Å². The molecule has 3 unspecified atom stereocenters. The molecule has 0 radical (unpaired) electrons. The van der Waals surface area contributed by atoms with E-state index in [1.807, 2.05) is 20.8 Å². The fourth-order valence-corrected chi connectivity index (χ4v) is 4.81. The molecule has 14 heteroatoms. The van der Waals surface area contributed by atoms with Gasteiger partial charge in [-0.3, -0.25) is 23.4 Å². The first-order valence-electron chi connectivity index (χ1n) is 16.1. The van der Waals surface area contributed by atoms with Gasteiger partial charge in [0.2, 0.25) is 23.6 Å². The van der Waals surface area contributed by atoms with Crippen LogP contribution in [0.5, 0.6) is 0 Å². The average molecular weight is 680 g/mol. The second-order valence-corrected chi connectivity index (χ2v) is 13.5. The number of benzene rings is 1. The quantitative estimate of drug-likeness (QED) is 0.124. The van der Waals surface area contributed by atoms with Crippen LogP contribution >= 0.6 is 0 Å². The molecule has 1 aromatic carbocycles. The number of nitrogens with one attached hydrogen (secondary N) is 3. The zero-order valence-electron chi connectivity index (χ0n) is 28.7. The lowest BCUT2D eigenvalue weighted by molar-refractivity contribution is -0.133. The summed E-state index contributed by atoms with van der Waals surface area (Å²) in [6.45, 7) is 8.48. The van der Waals surface area contributed by atoms with E-state index in [1.165, 1.54) is 11.8 Å². The van der Waals surface area contributed by atoms with Gasteiger partial charge in [0.05, 0.1) is 6.54 Å². The van der Waals surface area contributed by atoms with Gasteiger partial charge in [0.15, 0.2) is 0 Å². The highest BCUT2D eigenvalue weighted by Gasteiger charge is 2.20. The van der Waals surface area contributed by atoms with E-state index in [0.29, 0.717) is 43.9 Å².